The van der Waals surface area contributed by atoms with Crippen molar-refractivity contribution in [2.24, 2.45) is 0 Å². The molecule has 0 aliphatic heterocycles. The lowest BCUT2D eigenvalue weighted by atomic mass is 10.2. The fourth-order valence-corrected chi connectivity index (χ4v) is 3.88. The van der Waals surface area contributed by atoms with Crippen molar-refractivity contribution in [1.29, 1.82) is 5.26 Å². The maximum atomic E-state index is 13.0. The van der Waals surface area contributed by atoms with Gasteiger partial charge in [0.1, 0.15) is 5.82 Å². The summed E-state index contributed by atoms with van der Waals surface area (Å²) in [7, 11) is -3.84. The molecule has 0 radical (unpaired) electrons. The monoisotopic (exact) mass is 416 g/mol. The molecular weight excluding hydrogens is 406 g/mol. The number of aryl methyl sites for hydroxylation is 1. The second-order valence-corrected chi connectivity index (χ2v) is 7.13. The van der Waals surface area contributed by atoms with Crippen LogP contribution in [0.15, 0.2) is 41.3 Å². The Bertz CT molecular complexity index is 845. The molecule has 0 bridgehead atoms. The van der Waals surface area contributed by atoms with Crippen molar-refractivity contribution in [2.45, 2.75) is 11.8 Å². The number of nitriles is 1. The van der Waals surface area contributed by atoms with E-state index in [4.69, 9.17) is 5.26 Å². The Morgan fingerprint density at radius 3 is 2.57 bits per heavy atom. The first-order valence-electron chi connectivity index (χ1n) is 5.82. The van der Waals surface area contributed by atoms with Gasteiger partial charge in [-0.1, -0.05) is 6.07 Å². The summed E-state index contributed by atoms with van der Waals surface area (Å²) in [6, 6.07) is 10.1. The molecule has 0 aromatic heterocycles. The molecule has 2 aromatic rings. The van der Waals surface area contributed by atoms with Crippen molar-refractivity contribution in [2.75, 3.05) is 4.72 Å². The van der Waals surface area contributed by atoms with Crippen LogP contribution < -0.4 is 4.72 Å². The molecule has 0 aliphatic carbocycles. The van der Waals surface area contributed by atoms with Gasteiger partial charge in [-0.25, -0.2) is 12.8 Å². The standard InChI is InChI=1S/C14H10FIN2O2S/c1-9-2-3-10(8-17)6-14(9)21(19,20)18-13-5-4-11(15)7-12(13)16/h2-7,18H,1H3. The molecule has 108 valence electrons. The van der Waals surface area contributed by atoms with E-state index in [1.165, 1.54) is 24.3 Å². The molecule has 0 aliphatic rings. The predicted octanol–water partition coefficient (Wildman–Crippen LogP) is 3.41. The van der Waals surface area contributed by atoms with Gasteiger partial charge in [0, 0.05) is 3.57 Å². The number of anilines is 1. The van der Waals surface area contributed by atoms with Crippen LogP contribution in [0.1, 0.15) is 11.1 Å². The summed E-state index contributed by atoms with van der Waals surface area (Å²) in [6.07, 6.45) is 0. The minimum absolute atomic E-state index is 0.0293. The summed E-state index contributed by atoms with van der Waals surface area (Å²) in [6.45, 7) is 1.64. The van der Waals surface area contributed by atoms with E-state index in [-0.39, 0.29) is 10.5 Å². The van der Waals surface area contributed by atoms with Gasteiger partial charge < -0.3 is 0 Å². The smallest absolute Gasteiger partial charge is 0.262 e. The Morgan fingerprint density at radius 1 is 1.24 bits per heavy atom. The lowest BCUT2D eigenvalue weighted by Gasteiger charge is -2.12. The predicted molar refractivity (Wildman–Crippen MR) is 85.8 cm³/mol. The molecule has 0 saturated carbocycles. The summed E-state index contributed by atoms with van der Waals surface area (Å²) >= 11 is 1.85. The third-order valence-electron chi connectivity index (χ3n) is 2.78. The molecule has 1 N–H and O–H groups in total. The van der Waals surface area contributed by atoms with Gasteiger partial charge in [-0.2, -0.15) is 5.26 Å². The van der Waals surface area contributed by atoms with Crippen LogP contribution in [0, 0.1) is 27.6 Å². The Morgan fingerprint density at radius 2 is 1.95 bits per heavy atom. The van der Waals surface area contributed by atoms with Crippen molar-refractivity contribution in [1.82, 2.24) is 0 Å². The van der Waals surface area contributed by atoms with Gasteiger partial charge in [0.05, 0.1) is 22.2 Å². The molecule has 0 unspecified atom stereocenters. The van der Waals surface area contributed by atoms with Gasteiger partial charge in [0.25, 0.3) is 10.0 Å². The van der Waals surface area contributed by atoms with Crippen LogP contribution in [0.25, 0.3) is 0 Å². The summed E-state index contributed by atoms with van der Waals surface area (Å²) in [5.74, 6) is -0.440. The van der Waals surface area contributed by atoms with Crippen LogP contribution >= 0.6 is 22.6 Å². The maximum absolute atomic E-state index is 13.0. The Hall–Kier alpha value is -1.66. The second kappa shape index (κ2) is 5.99. The highest BCUT2D eigenvalue weighted by Gasteiger charge is 2.19. The normalized spacial score (nSPS) is 11.0. The number of rotatable bonds is 3. The lowest BCUT2D eigenvalue weighted by Crippen LogP contribution is -2.15. The van der Waals surface area contributed by atoms with Crippen molar-refractivity contribution >= 4 is 38.3 Å². The quantitative estimate of drug-likeness (QED) is 0.780. The lowest BCUT2D eigenvalue weighted by molar-refractivity contribution is 0.600. The number of benzene rings is 2. The fourth-order valence-electron chi connectivity index (χ4n) is 1.73. The first-order valence-corrected chi connectivity index (χ1v) is 8.38. The third kappa shape index (κ3) is 3.51. The van der Waals surface area contributed by atoms with E-state index >= 15 is 0 Å². The topological polar surface area (TPSA) is 70.0 Å². The summed E-state index contributed by atoms with van der Waals surface area (Å²) < 4.78 is 40.7. The molecule has 21 heavy (non-hydrogen) atoms. The van der Waals surface area contributed by atoms with Crippen LogP contribution in [0.2, 0.25) is 0 Å². The van der Waals surface area contributed by atoms with E-state index in [2.05, 4.69) is 4.72 Å². The zero-order valence-electron chi connectivity index (χ0n) is 10.9. The Balaban J connectivity index is 2.46. The van der Waals surface area contributed by atoms with Gasteiger partial charge in [0.2, 0.25) is 0 Å². The molecule has 0 atom stereocenters. The molecule has 2 rings (SSSR count). The van der Waals surface area contributed by atoms with Gasteiger partial charge in [-0.3, -0.25) is 4.72 Å². The summed E-state index contributed by atoms with van der Waals surface area (Å²) in [5, 5.41) is 8.87. The Kier molecular flexibility index (Phi) is 4.49. The van der Waals surface area contributed by atoms with Crippen LogP contribution in [0.4, 0.5) is 10.1 Å². The van der Waals surface area contributed by atoms with E-state index in [1.807, 2.05) is 28.7 Å². The SMILES string of the molecule is Cc1ccc(C#N)cc1S(=O)(=O)Nc1ccc(F)cc1I. The molecule has 4 nitrogen and oxygen atoms in total. The van der Waals surface area contributed by atoms with Crippen molar-refractivity contribution < 1.29 is 12.8 Å². The number of nitrogens with one attached hydrogen (secondary N) is 1. The highest BCUT2D eigenvalue weighted by molar-refractivity contribution is 14.1. The minimum Gasteiger partial charge on any atom is -0.279 e. The first kappa shape index (κ1) is 15.7. The van der Waals surface area contributed by atoms with Crippen molar-refractivity contribution in [3.63, 3.8) is 0 Å². The van der Waals surface area contributed by atoms with Crippen LogP contribution in [-0.4, -0.2) is 8.42 Å². The Labute approximate surface area is 135 Å². The van der Waals surface area contributed by atoms with Crippen LogP contribution in [-0.2, 0) is 10.0 Å². The molecular formula is C14H10FIN2O2S. The number of sulfonamides is 1. The zero-order valence-corrected chi connectivity index (χ0v) is 13.9. The average Bonchev–Trinajstić information content (AvgIpc) is 2.42. The average molecular weight is 416 g/mol. The van der Waals surface area contributed by atoms with Gasteiger partial charge in [-0.05, 0) is 65.4 Å². The minimum atomic E-state index is -3.84. The van der Waals surface area contributed by atoms with Crippen LogP contribution in [0.3, 0.4) is 0 Å². The number of hydrogen-bond acceptors (Lipinski definition) is 3. The molecule has 7 heteroatoms. The molecule has 0 saturated heterocycles. The van der Waals surface area contributed by atoms with Gasteiger partial charge >= 0.3 is 0 Å². The largest absolute Gasteiger partial charge is 0.279 e. The fraction of sp³-hybridized carbons (Fsp3) is 0.0714. The molecule has 0 spiro atoms. The number of hydrogen-bond donors (Lipinski definition) is 1. The highest BCUT2D eigenvalue weighted by atomic mass is 127. The van der Waals surface area contributed by atoms with Crippen molar-refractivity contribution in [3.05, 3.63) is 56.9 Å². The molecule has 0 fully saturated rings. The van der Waals surface area contributed by atoms with E-state index in [1.54, 1.807) is 19.1 Å². The first-order chi connectivity index (χ1) is 9.83. The molecule has 0 heterocycles. The van der Waals surface area contributed by atoms with E-state index in [9.17, 15) is 12.8 Å². The summed E-state index contributed by atoms with van der Waals surface area (Å²) in [4.78, 5) is 0.0293. The summed E-state index contributed by atoms with van der Waals surface area (Å²) in [5.41, 5.74) is 1.08. The van der Waals surface area contributed by atoms with Crippen LogP contribution in [0.5, 0.6) is 0 Å². The maximum Gasteiger partial charge on any atom is 0.262 e. The number of nitrogens with zero attached hydrogens (tertiary/aromatic N) is 1. The number of halogens is 2. The van der Waals surface area contributed by atoms with Gasteiger partial charge in [-0.15, -0.1) is 0 Å². The molecule has 0 amide bonds. The highest BCUT2D eigenvalue weighted by Crippen LogP contribution is 2.24. The van der Waals surface area contributed by atoms with E-state index in [0.717, 1.165) is 0 Å². The van der Waals surface area contributed by atoms with E-state index in [0.29, 0.717) is 14.8 Å². The molecule has 2 aromatic carbocycles. The van der Waals surface area contributed by atoms with Gasteiger partial charge in [0.15, 0.2) is 0 Å². The third-order valence-corrected chi connectivity index (χ3v) is 5.18. The van der Waals surface area contributed by atoms with Crippen molar-refractivity contribution in [3.8, 4) is 6.07 Å². The zero-order chi connectivity index (χ0) is 15.6. The van der Waals surface area contributed by atoms with E-state index < -0.39 is 15.8 Å². The second-order valence-electron chi connectivity index (χ2n) is 4.32.